The molecule has 0 radical (unpaired) electrons. The van der Waals surface area contributed by atoms with Gasteiger partial charge in [0.2, 0.25) is 0 Å². The van der Waals surface area contributed by atoms with Crippen molar-refractivity contribution in [2.75, 3.05) is 5.32 Å². The SMILES string of the molecule is NCc1ccc(NC2CCCCC2)c([N+](=O)[O-])c1. The van der Waals surface area contributed by atoms with Crippen molar-refractivity contribution in [3.63, 3.8) is 0 Å². The van der Waals surface area contributed by atoms with Gasteiger partial charge in [0.15, 0.2) is 0 Å². The summed E-state index contributed by atoms with van der Waals surface area (Å²) < 4.78 is 0. The summed E-state index contributed by atoms with van der Waals surface area (Å²) in [6, 6.07) is 5.54. The Kier molecular flexibility index (Phi) is 4.15. The van der Waals surface area contributed by atoms with Crippen molar-refractivity contribution in [1.29, 1.82) is 0 Å². The Labute approximate surface area is 107 Å². The number of benzene rings is 1. The standard InChI is InChI=1S/C13H19N3O2/c14-9-10-6-7-12(13(8-10)16(17)18)15-11-4-2-1-3-5-11/h6-8,11,15H,1-5,9,14H2. The minimum absolute atomic E-state index is 0.128. The Morgan fingerprint density at radius 1 is 1.33 bits per heavy atom. The molecule has 2 rings (SSSR count). The van der Waals surface area contributed by atoms with Crippen LogP contribution < -0.4 is 11.1 Å². The summed E-state index contributed by atoms with van der Waals surface area (Å²) in [6.07, 6.45) is 5.86. The number of hydrogen-bond donors (Lipinski definition) is 2. The van der Waals surface area contributed by atoms with Crippen molar-refractivity contribution in [3.8, 4) is 0 Å². The molecule has 1 aromatic carbocycles. The van der Waals surface area contributed by atoms with E-state index in [9.17, 15) is 10.1 Å². The van der Waals surface area contributed by atoms with Crippen LogP contribution in [0.2, 0.25) is 0 Å². The maximum Gasteiger partial charge on any atom is 0.292 e. The van der Waals surface area contributed by atoms with Crippen LogP contribution in [-0.4, -0.2) is 11.0 Å². The highest BCUT2D eigenvalue weighted by molar-refractivity contribution is 5.63. The lowest BCUT2D eigenvalue weighted by Crippen LogP contribution is -2.22. The van der Waals surface area contributed by atoms with Gasteiger partial charge in [0.1, 0.15) is 5.69 Å². The summed E-state index contributed by atoms with van der Waals surface area (Å²) in [4.78, 5) is 10.7. The van der Waals surface area contributed by atoms with Crippen LogP contribution in [0, 0.1) is 10.1 Å². The summed E-state index contributed by atoms with van der Waals surface area (Å²) in [6.45, 7) is 0.324. The Hall–Kier alpha value is -1.62. The molecule has 5 nitrogen and oxygen atoms in total. The van der Waals surface area contributed by atoms with Crippen molar-refractivity contribution in [1.82, 2.24) is 0 Å². The molecular weight excluding hydrogens is 230 g/mol. The highest BCUT2D eigenvalue weighted by Gasteiger charge is 2.19. The molecule has 1 aromatic rings. The first-order valence-corrected chi connectivity index (χ1v) is 6.44. The molecule has 0 atom stereocenters. The predicted molar refractivity (Wildman–Crippen MR) is 71.5 cm³/mol. The fourth-order valence-electron chi connectivity index (χ4n) is 2.44. The van der Waals surface area contributed by atoms with E-state index in [0.717, 1.165) is 18.4 Å². The van der Waals surface area contributed by atoms with Gasteiger partial charge < -0.3 is 11.1 Å². The molecule has 3 N–H and O–H groups in total. The number of nitrogens with one attached hydrogen (secondary N) is 1. The van der Waals surface area contributed by atoms with Crippen LogP contribution in [0.5, 0.6) is 0 Å². The second kappa shape index (κ2) is 5.82. The maximum atomic E-state index is 11.1. The third-order valence-corrected chi connectivity index (χ3v) is 3.46. The molecular formula is C13H19N3O2. The molecule has 0 aromatic heterocycles. The molecule has 0 amide bonds. The molecule has 18 heavy (non-hydrogen) atoms. The van der Waals surface area contributed by atoms with Gasteiger partial charge in [-0.15, -0.1) is 0 Å². The molecule has 0 bridgehead atoms. The third-order valence-electron chi connectivity index (χ3n) is 3.46. The lowest BCUT2D eigenvalue weighted by atomic mass is 9.95. The van der Waals surface area contributed by atoms with E-state index < -0.39 is 0 Å². The fourth-order valence-corrected chi connectivity index (χ4v) is 2.44. The molecule has 1 fully saturated rings. The third kappa shape index (κ3) is 2.98. The van der Waals surface area contributed by atoms with Gasteiger partial charge in [0, 0.05) is 18.7 Å². The van der Waals surface area contributed by atoms with E-state index in [2.05, 4.69) is 5.32 Å². The molecule has 1 saturated carbocycles. The van der Waals surface area contributed by atoms with Crippen LogP contribution >= 0.6 is 0 Å². The van der Waals surface area contributed by atoms with Crippen molar-refractivity contribution in [2.45, 2.75) is 44.7 Å². The van der Waals surface area contributed by atoms with Crippen LogP contribution in [0.4, 0.5) is 11.4 Å². The van der Waals surface area contributed by atoms with E-state index in [4.69, 9.17) is 5.73 Å². The van der Waals surface area contributed by atoms with Gasteiger partial charge in [-0.1, -0.05) is 25.3 Å². The molecule has 0 spiro atoms. The maximum absolute atomic E-state index is 11.1. The van der Waals surface area contributed by atoms with Gasteiger partial charge >= 0.3 is 0 Å². The lowest BCUT2D eigenvalue weighted by molar-refractivity contribution is -0.384. The topological polar surface area (TPSA) is 81.2 Å². The monoisotopic (exact) mass is 249 g/mol. The van der Waals surface area contributed by atoms with Crippen LogP contribution in [0.1, 0.15) is 37.7 Å². The van der Waals surface area contributed by atoms with Crippen molar-refractivity contribution >= 4 is 11.4 Å². The highest BCUT2D eigenvalue weighted by Crippen LogP contribution is 2.29. The number of nitro benzene ring substituents is 1. The quantitative estimate of drug-likeness (QED) is 0.635. The van der Waals surface area contributed by atoms with Crippen LogP contribution in [-0.2, 0) is 6.54 Å². The smallest absolute Gasteiger partial charge is 0.292 e. The Morgan fingerprint density at radius 2 is 2.06 bits per heavy atom. The minimum Gasteiger partial charge on any atom is -0.377 e. The van der Waals surface area contributed by atoms with Crippen LogP contribution in [0.25, 0.3) is 0 Å². The average Bonchev–Trinajstić information content (AvgIpc) is 2.40. The molecule has 0 saturated heterocycles. The van der Waals surface area contributed by atoms with E-state index in [1.165, 1.54) is 19.3 Å². The van der Waals surface area contributed by atoms with Gasteiger partial charge in [-0.3, -0.25) is 10.1 Å². The van der Waals surface area contributed by atoms with Gasteiger partial charge in [-0.25, -0.2) is 0 Å². The average molecular weight is 249 g/mol. The van der Waals surface area contributed by atoms with Gasteiger partial charge in [0.25, 0.3) is 5.69 Å². The Bertz CT molecular complexity index is 428. The number of nitrogens with two attached hydrogens (primary N) is 1. The second-order valence-corrected chi connectivity index (χ2v) is 4.79. The number of nitrogens with zero attached hydrogens (tertiary/aromatic N) is 1. The highest BCUT2D eigenvalue weighted by atomic mass is 16.6. The lowest BCUT2D eigenvalue weighted by Gasteiger charge is -2.23. The van der Waals surface area contributed by atoms with E-state index in [1.54, 1.807) is 12.1 Å². The van der Waals surface area contributed by atoms with Gasteiger partial charge in [-0.05, 0) is 24.5 Å². The molecule has 98 valence electrons. The Morgan fingerprint density at radius 3 is 2.67 bits per heavy atom. The van der Waals surface area contributed by atoms with Crippen molar-refractivity contribution in [3.05, 3.63) is 33.9 Å². The normalized spacial score (nSPS) is 16.5. The summed E-state index contributed by atoms with van der Waals surface area (Å²) in [5.41, 5.74) is 7.04. The van der Waals surface area contributed by atoms with Gasteiger partial charge in [0.05, 0.1) is 4.92 Å². The summed E-state index contributed by atoms with van der Waals surface area (Å²) in [5.74, 6) is 0. The van der Waals surface area contributed by atoms with Gasteiger partial charge in [-0.2, -0.15) is 0 Å². The van der Waals surface area contributed by atoms with E-state index >= 15 is 0 Å². The summed E-state index contributed by atoms with van der Waals surface area (Å²) in [7, 11) is 0. The first-order valence-electron chi connectivity index (χ1n) is 6.44. The van der Waals surface area contributed by atoms with Crippen LogP contribution in [0.15, 0.2) is 18.2 Å². The van der Waals surface area contributed by atoms with Crippen LogP contribution in [0.3, 0.4) is 0 Å². The zero-order valence-corrected chi connectivity index (χ0v) is 10.4. The molecule has 1 aliphatic carbocycles. The molecule has 0 aliphatic heterocycles. The fraction of sp³-hybridized carbons (Fsp3) is 0.538. The van der Waals surface area contributed by atoms with Crippen molar-refractivity contribution < 1.29 is 4.92 Å². The largest absolute Gasteiger partial charge is 0.377 e. The number of hydrogen-bond acceptors (Lipinski definition) is 4. The van der Waals surface area contributed by atoms with E-state index in [-0.39, 0.29) is 10.6 Å². The van der Waals surface area contributed by atoms with E-state index in [0.29, 0.717) is 18.3 Å². The zero-order chi connectivity index (χ0) is 13.0. The first-order chi connectivity index (χ1) is 8.70. The number of anilines is 1. The predicted octanol–water partition coefficient (Wildman–Crippen LogP) is 2.80. The first kappa shape index (κ1) is 12.8. The Balaban J connectivity index is 2.17. The molecule has 0 unspecified atom stereocenters. The number of rotatable bonds is 4. The molecule has 1 aliphatic rings. The zero-order valence-electron chi connectivity index (χ0n) is 10.4. The second-order valence-electron chi connectivity index (χ2n) is 4.79. The van der Waals surface area contributed by atoms with E-state index in [1.807, 2.05) is 6.07 Å². The minimum atomic E-state index is -0.343. The molecule has 0 heterocycles. The number of nitro groups is 1. The van der Waals surface area contributed by atoms with Crippen molar-refractivity contribution in [2.24, 2.45) is 5.73 Å². The summed E-state index contributed by atoms with van der Waals surface area (Å²) >= 11 is 0. The molecule has 5 heteroatoms. The summed E-state index contributed by atoms with van der Waals surface area (Å²) in [5, 5.41) is 14.4.